The molecule has 0 spiro atoms. The van der Waals surface area contributed by atoms with Gasteiger partial charge in [0, 0.05) is 37.9 Å². The first-order valence-corrected chi connectivity index (χ1v) is 7.25. The van der Waals surface area contributed by atoms with Crippen molar-refractivity contribution in [3.63, 3.8) is 0 Å². The van der Waals surface area contributed by atoms with E-state index >= 15 is 0 Å². The maximum Gasteiger partial charge on any atom is 0.411 e. The molecule has 1 aromatic rings. The highest BCUT2D eigenvalue weighted by Crippen LogP contribution is 2.08. The summed E-state index contributed by atoms with van der Waals surface area (Å²) in [7, 11) is 1.94. The van der Waals surface area contributed by atoms with E-state index in [9.17, 15) is 4.79 Å². The third-order valence-corrected chi connectivity index (χ3v) is 3.25. The van der Waals surface area contributed by atoms with Crippen molar-refractivity contribution < 1.29 is 19.4 Å². The zero-order valence-electron chi connectivity index (χ0n) is 12.9. The van der Waals surface area contributed by atoms with Gasteiger partial charge < -0.3 is 14.7 Å². The van der Waals surface area contributed by atoms with Crippen molar-refractivity contribution in [1.29, 1.82) is 0 Å². The summed E-state index contributed by atoms with van der Waals surface area (Å²) in [6.07, 6.45) is 4.64. The molecule has 2 heterocycles. The molecule has 0 saturated carbocycles. The van der Waals surface area contributed by atoms with E-state index in [1.165, 1.54) is 0 Å². The van der Waals surface area contributed by atoms with Crippen molar-refractivity contribution in [2.45, 2.75) is 19.3 Å². The number of ether oxygens (including phenoxy) is 1. The maximum atomic E-state index is 11.7. The number of aromatic nitrogens is 1. The molecule has 1 amide bonds. The van der Waals surface area contributed by atoms with Gasteiger partial charge in [-0.1, -0.05) is 6.07 Å². The number of pyridine rings is 1. The number of rotatable bonds is 5. The van der Waals surface area contributed by atoms with Crippen molar-refractivity contribution in [2.75, 3.05) is 33.4 Å². The number of carboxylic acid groups (broad SMARTS) is 1. The van der Waals surface area contributed by atoms with Crippen molar-refractivity contribution in [3.05, 3.63) is 30.1 Å². The lowest BCUT2D eigenvalue weighted by molar-refractivity contribution is -0.122. The van der Waals surface area contributed by atoms with Gasteiger partial charge in [0.2, 0.25) is 0 Å². The summed E-state index contributed by atoms with van der Waals surface area (Å²) in [6, 6.07) is 5.89. The van der Waals surface area contributed by atoms with Crippen LogP contribution in [-0.4, -0.2) is 65.9 Å². The Morgan fingerprint density at radius 1 is 1.45 bits per heavy atom. The number of hydrogen-bond donors (Lipinski definition) is 1. The van der Waals surface area contributed by atoms with Crippen LogP contribution in [0.15, 0.2) is 24.4 Å². The van der Waals surface area contributed by atoms with Crippen LogP contribution in [0.5, 0.6) is 0 Å². The molecule has 0 aliphatic carbocycles. The molecule has 1 aliphatic rings. The highest BCUT2D eigenvalue weighted by molar-refractivity contribution is 5.67. The monoisotopic (exact) mass is 309 g/mol. The van der Waals surface area contributed by atoms with Crippen LogP contribution < -0.4 is 0 Å². The van der Waals surface area contributed by atoms with Crippen LogP contribution in [0.25, 0.3) is 0 Å². The minimum absolute atomic E-state index is 0.192. The topological polar surface area (TPSA) is 83.0 Å². The van der Waals surface area contributed by atoms with Gasteiger partial charge in [-0.05, 0) is 32.0 Å². The molecule has 1 aromatic heterocycles. The predicted octanol–water partition coefficient (Wildman–Crippen LogP) is 1.45. The van der Waals surface area contributed by atoms with Gasteiger partial charge >= 0.3 is 6.09 Å². The molecular weight excluding hydrogens is 286 g/mol. The first-order valence-electron chi connectivity index (χ1n) is 7.25. The highest BCUT2D eigenvalue weighted by Gasteiger charge is 2.19. The molecular formula is C15H23N3O4. The summed E-state index contributed by atoms with van der Waals surface area (Å²) in [5.74, 6) is 0. The fourth-order valence-corrected chi connectivity index (χ4v) is 2.07. The maximum absolute atomic E-state index is 11.7. The lowest BCUT2D eigenvalue weighted by atomic mass is 10.2. The fourth-order valence-electron chi connectivity index (χ4n) is 2.07. The molecule has 1 N–H and O–H groups in total. The Morgan fingerprint density at radius 2 is 2.14 bits per heavy atom. The summed E-state index contributed by atoms with van der Waals surface area (Å²) >= 11 is 0. The second-order valence-electron chi connectivity index (χ2n) is 4.99. The number of carbonyl (C=O) groups excluding carboxylic acids is 1. The smallest absolute Gasteiger partial charge is 0.411 e. The van der Waals surface area contributed by atoms with E-state index in [0.29, 0.717) is 6.73 Å². The minimum Gasteiger partial charge on any atom is -0.483 e. The summed E-state index contributed by atoms with van der Waals surface area (Å²) in [5.41, 5.74) is 1.06. The predicted molar refractivity (Wildman–Crippen MR) is 81.4 cm³/mol. The first-order chi connectivity index (χ1) is 10.7. The third kappa shape index (κ3) is 7.03. The van der Waals surface area contributed by atoms with E-state index in [2.05, 4.69) is 4.98 Å². The Labute approximate surface area is 130 Å². The second-order valence-corrected chi connectivity index (χ2v) is 4.99. The van der Waals surface area contributed by atoms with Gasteiger partial charge in [-0.25, -0.2) is 4.79 Å². The number of hydrogen-bond acceptors (Lipinski definition) is 5. The van der Waals surface area contributed by atoms with Gasteiger partial charge in [-0.3, -0.25) is 14.7 Å². The Bertz CT molecular complexity index is 436. The summed E-state index contributed by atoms with van der Waals surface area (Å²) in [4.78, 5) is 28.1. The summed E-state index contributed by atoms with van der Waals surface area (Å²) in [6.45, 7) is 2.57. The number of likely N-dealkylation sites (N-methyl/N-ethyl adjacent to an activating group) is 1. The molecule has 1 aliphatic heterocycles. The third-order valence-electron chi connectivity index (χ3n) is 3.25. The van der Waals surface area contributed by atoms with Gasteiger partial charge in [0.15, 0.2) is 0 Å². The molecule has 22 heavy (non-hydrogen) atoms. The Balaban J connectivity index is 0.000000745. The Morgan fingerprint density at radius 3 is 2.73 bits per heavy atom. The number of carbonyl (C=O) groups is 2. The fraction of sp³-hybridized carbons (Fsp3) is 0.533. The number of amides is 1. The molecule has 0 atom stereocenters. The van der Waals surface area contributed by atoms with Crippen molar-refractivity contribution in [3.8, 4) is 0 Å². The van der Waals surface area contributed by atoms with E-state index in [0.717, 1.165) is 44.6 Å². The molecule has 122 valence electrons. The molecule has 2 rings (SSSR count). The molecule has 0 radical (unpaired) electrons. The largest absolute Gasteiger partial charge is 0.483 e. The van der Waals surface area contributed by atoms with Gasteiger partial charge in [0.25, 0.3) is 6.47 Å². The lowest BCUT2D eigenvalue weighted by Crippen LogP contribution is -2.33. The van der Waals surface area contributed by atoms with Crippen molar-refractivity contribution in [2.24, 2.45) is 0 Å². The van der Waals surface area contributed by atoms with E-state index in [-0.39, 0.29) is 12.6 Å². The zero-order valence-corrected chi connectivity index (χ0v) is 12.9. The van der Waals surface area contributed by atoms with E-state index < -0.39 is 0 Å². The van der Waals surface area contributed by atoms with Gasteiger partial charge in [0.05, 0.1) is 0 Å². The van der Waals surface area contributed by atoms with Crippen molar-refractivity contribution >= 4 is 12.6 Å². The minimum atomic E-state index is -0.250. The van der Waals surface area contributed by atoms with Crippen LogP contribution >= 0.6 is 0 Å². The van der Waals surface area contributed by atoms with Gasteiger partial charge in [-0.2, -0.15) is 0 Å². The first kappa shape index (κ1) is 17.9. The molecule has 1 saturated heterocycles. The molecule has 0 bridgehead atoms. The SMILES string of the molecule is CN(CCc1ccccn1)COC(=O)N1CCCC1.O=CO. The van der Waals surface area contributed by atoms with Crippen LogP contribution in [-0.2, 0) is 16.0 Å². The van der Waals surface area contributed by atoms with Crippen LogP contribution in [0.2, 0.25) is 0 Å². The van der Waals surface area contributed by atoms with E-state index in [4.69, 9.17) is 14.6 Å². The molecule has 0 unspecified atom stereocenters. The summed E-state index contributed by atoms with van der Waals surface area (Å²) in [5, 5.41) is 6.89. The van der Waals surface area contributed by atoms with Crippen LogP contribution in [0, 0.1) is 0 Å². The van der Waals surface area contributed by atoms with Gasteiger partial charge in [0.1, 0.15) is 6.73 Å². The van der Waals surface area contributed by atoms with Crippen LogP contribution in [0.1, 0.15) is 18.5 Å². The average Bonchev–Trinajstić information content (AvgIpc) is 3.07. The van der Waals surface area contributed by atoms with Gasteiger partial charge in [-0.15, -0.1) is 0 Å². The average molecular weight is 309 g/mol. The molecule has 7 nitrogen and oxygen atoms in total. The van der Waals surface area contributed by atoms with Crippen molar-refractivity contribution in [1.82, 2.24) is 14.8 Å². The normalized spacial score (nSPS) is 13.5. The second kappa shape index (κ2) is 10.6. The zero-order chi connectivity index (χ0) is 16.2. The van der Waals surface area contributed by atoms with Crippen LogP contribution in [0.3, 0.4) is 0 Å². The molecule has 7 heteroatoms. The number of nitrogens with zero attached hydrogens (tertiary/aromatic N) is 3. The van der Waals surface area contributed by atoms with E-state index in [1.54, 1.807) is 11.1 Å². The Hall–Kier alpha value is -2.15. The lowest BCUT2D eigenvalue weighted by Gasteiger charge is -2.20. The van der Waals surface area contributed by atoms with Crippen LogP contribution in [0.4, 0.5) is 4.79 Å². The quantitative estimate of drug-likeness (QED) is 0.655. The standard InChI is InChI=1S/C14H21N3O2.CH2O2/c1-16(11-7-13-6-2-3-8-15-13)12-19-14(18)17-9-4-5-10-17;2-1-3/h2-3,6,8H,4-5,7,9-12H2,1H3;1H,(H,2,3). The highest BCUT2D eigenvalue weighted by atomic mass is 16.6. The molecule has 1 fully saturated rings. The summed E-state index contributed by atoms with van der Waals surface area (Å²) < 4.78 is 5.27. The number of likely N-dealkylation sites (tertiary alicyclic amines) is 1. The van der Waals surface area contributed by atoms with E-state index in [1.807, 2.05) is 30.1 Å². The Kier molecular flexibility index (Phi) is 8.59. The molecule has 0 aromatic carbocycles.